The molecular formula is C28H30N2O6. The minimum atomic E-state index is -0.559. The van der Waals surface area contributed by atoms with Crippen molar-refractivity contribution >= 4 is 11.8 Å². The van der Waals surface area contributed by atoms with Crippen molar-refractivity contribution in [2.24, 2.45) is 0 Å². The number of benzene rings is 3. The molecule has 3 aromatic carbocycles. The number of hydrogen-bond acceptors (Lipinski definition) is 6. The largest absolute Gasteiger partial charge is 0.496 e. The topological polar surface area (TPSA) is 86.3 Å². The van der Waals surface area contributed by atoms with Crippen molar-refractivity contribution in [3.8, 4) is 23.0 Å². The van der Waals surface area contributed by atoms with Crippen molar-refractivity contribution in [1.82, 2.24) is 10.2 Å². The average molecular weight is 491 g/mol. The van der Waals surface area contributed by atoms with E-state index in [9.17, 15) is 9.59 Å². The van der Waals surface area contributed by atoms with Crippen LogP contribution in [0.5, 0.6) is 23.0 Å². The molecule has 8 heteroatoms. The Kier molecular flexibility index (Phi) is 7.63. The Hall–Kier alpha value is -4.20. The second-order valence-corrected chi connectivity index (χ2v) is 8.36. The molecule has 2 amide bonds. The molecule has 188 valence electrons. The molecule has 1 aliphatic rings. The Morgan fingerprint density at radius 3 is 2.17 bits per heavy atom. The molecule has 0 saturated heterocycles. The van der Waals surface area contributed by atoms with Crippen molar-refractivity contribution in [3.63, 3.8) is 0 Å². The molecule has 1 atom stereocenters. The minimum Gasteiger partial charge on any atom is -0.496 e. The standard InChI is InChI=1S/C28H30N2O6/c1-33-23-12-8-6-9-18(23)16-29-26(31)15-22(30-17-19-10-5-7-11-21(19)28(30)32)20-13-24(34-2)27(36-4)25(14-20)35-3/h5-14,22H,15-17H2,1-4H3,(H,29,31)/t22-/m0/s1. The highest BCUT2D eigenvalue weighted by Crippen LogP contribution is 2.42. The quantitative estimate of drug-likeness (QED) is 0.460. The van der Waals surface area contributed by atoms with E-state index in [4.69, 9.17) is 18.9 Å². The third-order valence-electron chi connectivity index (χ3n) is 6.34. The number of amides is 2. The van der Waals surface area contributed by atoms with Gasteiger partial charge in [0.05, 0.1) is 40.9 Å². The number of hydrogen-bond donors (Lipinski definition) is 1. The van der Waals surface area contributed by atoms with Crippen molar-refractivity contribution in [2.45, 2.75) is 25.6 Å². The predicted octanol–water partition coefficient (Wildman–Crippen LogP) is 4.12. The van der Waals surface area contributed by atoms with E-state index in [-0.39, 0.29) is 18.2 Å². The van der Waals surface area contributed by atoms with Crippen LogP contribution in [0.25, 0.3) is 0 Å². The molecule has 1 aliphatic heterocycles. The number of carbonyl (C=O) groups excluding carboxylic acids is 2. The first kappa shape index (κ1) is 24.9. The van der Waals surface area contributed by atoms with Crippen LogP contribution in [0.4, 0.5) is 0 Å². The zero-order chi connectivity index (χ0) is 25.7. The summed E-state index contributed by atoms with van der Waals surface area (Å²) < 4.78 is 21.9. The number of para-hydroxylation sites is 1. The van der Waals surface area contributed by atoms with Gasteiger partial charge < -0.3 is 29.2 Å². The molecule has 1 N–H and O–H groups in total. The maximum atomic E-state index is 13.4. The van der Waals surface area contributed by atoms with Gasteiger partial charge in [-0.25, -0.2) is 0 Å². The van der Waals surface area contributed by atoms with Crippen LogP contribution in [-0.4, -0.2) is 45.2 Å². The van der Waals surface area contributed by atoms with E-state index in [1.54, 1.807) is 24.1 Å². The summed E-state index contributed by atoms with van der Waals surface area (Å²) in [6, 6.07) is 18.0. The van der Waals surface area contributed by atoms with E-state index in [1.165, 1.54) is 21.3 Å². The molecule has 8 nitrogen and oxygen atoms in total. The minimum absolute atomic E-state index is 0.0491. The number of carbonyl (C=O) groups is 2. The number of methoxy groups -OCH3 is 4. The fraction of sp³-hybridized carbons (Fsp3) is 0.286. The van der Waals surface area contributed by atoms with Gasteiger partial charge in [-0.1, -0.05) is 36.4 Å². The third-order valence-corrected chi connectivity index (χ3v) is 6.34. The van der Waals surface area contributed by atoms with Crippen LogP contribution in [0.2, 0.25) is 0 Å². The summed E-state index contributed by atoms with van der Waals surface area (Å²) in [5.41, 5.74) is 3.14. The van der Waals surface area contributed by atoms with Gasteiger partial charge in [-0.15, -0.1) is 0 Å². The third kappa shape index (κ3) is 4.93. The van der Waals surface area contributed by atoms with Gasteiger partial charge in [0.1, 0.15) is 5.75 Å². The Morgan fingerprint density at radius 1 is 0.889 bits per heavy atom. The summed E-state index contributed by atoms with van der Waals surface area (Å²) in [4.78, 5) is 28.3. The molecule has 0 bridgehead atoms. The van der Waals surface area contributed by atoms with E-state index < -0.39 is 6.04 Å². The maximum Gasteiger partial charge on any atom is 0.255 e. The highest BCUT2D eigenvalue weighted by Gasteiger charge is 2.35. The lowest BCUT2D eigenvalue weighted by atomic mass is 10.00. The molecule has 0 aromatic heterocycles. The smallest absolute Gasteiger partial charge is 0.255 e. The number of ether oxygens (including phenoxy) is 4. The Labute approximate surface area is 210 Å². The molecule has 36 heavy (non-hydrogen) atoms. The number of nitrogens with one attached hydrogen (secondary N) is 1. The average Bonchev–Trinajstić information content (AvgIpc) is 3.25. The normalized spacial score (nSPS) is 13.1. The van der Waals surface area contributed by atoms with Crippen LogP contribution in [-0.2, 0) is 17.9 Å². The van der Waals surface area contributed by atoms with Gasteiger partial charge in [0.25, 0.3) is 5.91 Å². The van der Waals surface area contributed by atoms with E-state index in [0.717, 1.165) is 11.1 Å². The van der Waals surface area contributed by atoms with Crippen LogP contribution in [0.1, 0.15) is 39.5 Å². The van der Waals surface area contributed by atoms with Crippen LogP contribution < -0.4 is 24.3 Å². The highest BCUT2D eigenvalue weighted by atomic mass is 16.5. The zero-order valence-electron chi connectivity index (χ0n) is 20.9. The van der Waals surface area contributed by atoms with Gasteiger partial charge in [0, 0.05) is 24.2 Å². The molecule has 0 fully saturated rings. The first-order valence-corrected chi connectivity index (χ1v) is 11.6. The lowest BCUT2D eigenvalue weighted by Crippen LogP contribution is -2.34. The van der Waals surface area contributed by atoms with Gasteiger partial charge in [-0.05, 0) is 35.4 Å². The molecular weight excluding hydrogens is 460 g/mol. The summed E-state index contributed by atoms with van der Waals surface area (Å²) in [7, 11) is 6.20. The first-order chi connectivity index (χ1) is 17.5. The number of fused-ring (bicyclic) bond motifs is 1. The van der Waals surface area contributed by atoms with Gasteiger partial charge >= 0.3 is 0 Å². The van der Waals surface area contributed by atoms with E-state index in [2.05, 4.69) is 5.32 Å². The van der Waals surface area contributed by atoms with Crippen LogP contribution >= 0.6 is 0 Å². The summed E-state index contributed by atoms with van der Waals surface area (Å²) in [5, 5.41) is 2.97. The number of nitrogens with zero attached hydrogens (tertiary/aromatic N) is 1. The van der Waals surface area contributed by atoms with Gasteiger partial charge in [-0.2, -0.15) is 0 Å². The van der Waals surface area contributed by atoms with Crippen LogP contribution in [0.3, 0.4) is 0 Å². The van der Waals surface area contributed by atoms with Gasteiger partial charge in [-0.3, -0.25) is 9.59 Å². The zero-order valence-corrected chi connectivity index (χ0v) is 20.9. The lowest BCUT2D eigenvalue weighted by Gasteiger charge is -2.29. The summed E-state index contributed by atoms with van der Waals surface area (Å²) in [6.07, 6.45) is 0.0491. The van der Waals surface area contributed by atoms with Crippen LogP contribution in [0, 0.1) is 0 Å². The summed E-state index contributed by atoms with van der Waals surface area (Å²) >= 11 is 0. The molecule has 4 rings (SSSR count). The lowest BCUT2D eigenvalue weighted by molar-refractivity contribution is -0.122. The second-order valence-electron chi connectivity index (χ2n) is 8.36. The van der Waals surface area contributed by atoms with E-state index in [1.807, 2.05) is 48.5 Å². The first-order valence-electron chi connectivity index (χ1n) is 11.6. The van der Waals surface area contributed by atoms with Gasteiger partial charge in [0.2, 0.25) is 11.7 Å². The van der Waals surface area contributed by atoms with E-state index >= 15 is 0 Å². The van der Waals surface area contributed by atoms with Crippen LogP contribution in [0.15, 0.2) is 60.7 Å². The predicted molar refractivity (Wildman–Crippen MR) is 135 cm³/mol. The van der Waals surface area contributed by atoms with Crippen molar-refractivity contribution in [3.05, 3.63) is 82.9 Å². The molecule has 0 radical (unpaired) electrons. The van der Waals surface area contributed by atoms with Crippen molar-refractivity contribution < 1.29 is 28.5 Å². The summed E-state index contributed by atoms with van der Waals surface area (Å²) in [6.45, 7) is 0.703. The molecule has 0 saturated carbocycles. The Balaban J connectivity index is 1.65. The molecule has 0 spiro atoms. The molecule has 0 unspecified atom stereocenters. The van der Waals surface area contributed by atoms with Crippen molar-refractivity contribution in [2.75, 3.05) is 28.4 Å². The monoisotopic (exact) mass is 490 g/mol. The second kappa shape index (κ2) is 11.0. The Morgan fingerprint density at radius 2 is 1.53 bits per heavy atom. The van der Waals surface area contributed by atoms with E-state index in [0.29, 0.717) is 47.2 Å². The van der Waals surface area contributed by atoms with Gasteiger partial charge in [0.15, 0.2) is 11.5 Å². The Bertz CT molecular complexity index is 1230. The molecule has 0 aliphatic carbocycles. The number of rotatable bonds is 10. The van der Waals surface area contributed by atoms with Crippen molar-refractivity contribution in [1.29, 1.82) is 0 Å². The molecule has 1 heterocycles. The fourth-order valence-electron chi connectivity index (χ4n) is 4.52. The fourth-order valence-corrected chi connectivity index (χ4v) is 4.52. The maximum absolute atomic E-state index is 13.4. The summed E-state index contributed by atoms with van der Waals surface area (Å²) in [5.74, 6) is 1.72. The SMILES string of the molecule is COc1ccccc1CNC(=O)C[C@@H](c1cc(OC)c(OC)c(OC)c1)N1Cc2ccccc2C1=O. The highest BCUT2D eigenvalue weighted by molar-refractivity contribution is 5.99. The molecule has 3 aromatic rings.